The third-order valence-corrected chi connectivity index (χ3v) is 8.48. The first-order valence-corrected chi connectivity index (χ1v) is 13.1. The van der Waals surface area contributed by atoms with Gasteiger partial charge in [-0.2, -0.15) is 4.31 Å². The fourth-order valence-corrected chi connectivity index (χ4v) is 6.36. The number of benzene rings is 2. The van der Waals surface area contributed by atoms with Gasteiger partial charge in [-0.05, 0) is 48.7 Å². The zero-order chi connectivity index (χ0) is 23.4. The van der Waals surface area contributed by atoms with E-state index in [4.69, 9.17) is 21.1 Å². The van der Waals surface area contributed by atoms with Crippen LogP contribution in [0.3, 0.4) is 0 Å². The van der Waals surface area contributed by atoms with Crippen LogP contribution in [0.4, 0.5) is 10.8 Å². The van der Waals surface area contributed by atoms with Crippen molar-refractivity contribution in [1.82, 2.24) is 14.5 Å². The van der Waals surface area contributed by atoms with Crippen molar-refractivity contribution in [3.63, 3.8) is 0 Å². The highest BCUT2D eigenvalue weighted by Crippen LogP contribution is 2.36. The molecule has 33 heavy (non-hydrogen) atoms. The third-order valence-electron chi connectivity index (χ3n) is 5.40. The Morgan fingerprint density at radius 2 is 1.70 bits per heavy atom. The average molecular weight is 509 g/mol. The second kappa shape index (κ2) is 10.3. The molecule has 2 aromatic carbocycles. The van der Waals surface area contributed by atoms with Crippen LogP contribution in [0.5, 0.6) is 11.5 Å². The van der Waals surface area contributed by atoms with E-state index in [1.54, 1.807) is 28.6 Å². The van der Waals surface area contributed by atoms with Gasteiger partial charge in [0.25, 0.3) is 0 Å². The average Bonchev–Trinajstić information content (AvgIpc) is 3.27. The second-order valence-corrected chi connectivity index (χ2v) is 11.0. The Labute approximate surface area is 202 Å². The Hall–Kier alpha value is -2.40. The molecule has 0 amide bonds. The summed E-state index contributed by atoms with van der Waals surface area (Å²) in [6, 6.07) is 10.5. The summed E-state index contributed by atoms with van der Waals surface area (Å²) in [4.78, 5) is 0.212. The predicted molar refractivity (Wildman–Crippen MR) is 130 cm³/mol. The maximum atomic E-state index is 13.5. The number of hydrogen-bond acceptors (Lipinski definition) is 8. The standard InChI is InChI=1S/C22H25ClN4O4S2/c1-30-18-12-15(13-21-25-26-22(32-21)24-17-8-6-16(23)7-9-17)20(14-19(18)31-2)33(28,29)27-10-4-3-5-11-27/h6-9,12,14H,3-5,10-11,13H2,1-2H3,(H,24,26). The molecule has 0 bridgehead atoms. The molecule has 4 rings (SSSR count). The molecule has 0 saturated carbocycles. The van der Waals surface area contributed by atoms with Crippen LogP contribution in [0, 0.1) is 0 Å². The van der Waals surface area contributed by atoms with Gasteiger partial charge >= 0.3 is 0 Å². The van der Waals surface area contributed by atoms with E-state index in [2.05, 4.69) is 15.5 Å². The number of sulfonamides is 1. The molecule has 0 radical (unpaired) electrons. The molecule has 176 valence electrons. The monoisotopic (exact) mass is 508 g/mol. The van der Waals surface area contributed by atoms with E-state index >= 15 is 0 Å². The minimum Gasteiger partial charge on any atom is -0.493 e. The molecule has 1 aliphatic rings. The molecule has 1 aliphatic heterocycles. The van der Waals surface area contributed by atoms with Gasteiger partial charge in [-0.1, -0.05) is 29.4 Å². The molecule has 3 aromatic rings. The molecular weight excluding hydrogens is 484 g/mol. The lowest BCUT2D eigenvalue weighted by Gasteiger charge is -2.27. The molecular formula is C22H25ClN4O4S2. The number of nitrogens with one attached hydrogen (secondary N) is 1. The number of piperidine rings is 1. The van der Waals surface area contributed by atoms with E-state index in [0.29, 0.717) is 51.7 Å². The first kappa shape index (κ1) is 23.7. The maximum absolute atomic E-state index is 13.5. The van der Waals surface area contributed by atoms with Gasteiger partial charge in [0.1, 0.15) is 5.01 Å². The summed E-state index contributed by atoms with van der Waals surface area (Å²) < 4.78 is 39.4. The maximum Gasteiger partial charge on any atom is 0.243 e. The molecule has 2 heterocycles. The highest BCUT2D eigenvalue weighted by atomic mass is 35.5. The molecule has 0 atom stereocenters. The van der Waals surface area contributed by atoms with Crippen LogP contribution in [0.1, 0.15) is 29.8 Å². The Balaban J connectivity index is 1.65. The number of methoxy groups -OCH3 is 2. The first-order chi connectivity index (χ1) is 15.9. The van der Waals surface area contributed by atoms with Crippen LogP contribution >= 0.6 is 22.9 Å². The minimum atomic E-state index is -3.69. The van der Waals surface area contributed by atoms with Gasteiger partial charge < -0.3 is 14.8 Å². The smallest absolute Gasteiger partial charge is 0.243 e. The highest BCUT2D eigenvalue weighted by Gasteiger charge is 2.30. The van der Waals surface area contributed by atoms with Crippen LogP contribution in [0.15, 0.2) is 41.3 Å². The molecule has 1 saturated heterocycles. The van der Waals surface area contributed by atoms with Crippen LogP contribution in [0.2, 0.25) is 5.02 Å². The fraction of sp³-hybridized carbons (Fsp3) is 0.364. The summed E-state index contributed by atoms with van der Waals surface area (Å²) in [6.07, 6.45) is 3.05. The van der Waals surface area contributed by atoms with Crippen LogP contribution in [-0.4, -0.2) is 50.2 Å². The molecule has 11 heteroatoms. The molecule has 1 aromatic heterocycles. The lowest BCUT2D eigenvalue weighted by Crippen LogP contribution is -2.36. The van der Waals surface area contributed by atoms with E-state index in [1.807, 2.05) is 12.1 Å². The Kier molecular flexibility index (Phi) is 7.38. The summed E-state index contributed by atoms with van der Waals surface area (Å²) in [5.74, 6) is 0.841. The summed E-state index contributed by atoms with van der Waals surface area (Å²) in [5.41, 5.74) is 1.42. The molecule has 8 nitrogen and oxygen atoms in total. The van der Waals surface area contributed by atoms with E-state index in [-0.39, 0.29) is 4.90 Å². The normalized spacial score (nSPS) is 14.8. The van der Waals surface area contributed by atoms with E-state index < -0.39 is 10.0 Å². The molecule has 0 aliphatic carbocycles. The van der Waals surface area contributed by atoms with Gasteiger partial charge in [0, 0.05) is 36.3 Å². The van der Waals surface area contributed by atoms with Crippen molar-refractivity contribution in [2.24, 2.45) is 0 Å². The molecule has 0 unspecified atom stereocenters. The van der Waals surface area contributed by atoms with Crippen molar-refractivity contribution in [3.05, 3.63) is 52.0 Å². The molecule has 1 fully saturated rings. The fourth-order valence-electron chi connectivity index (χ4n) is 3.72. The SMILES string of the molecule is COc1cc(Cc2nnc(Nc3ccc(Cl)cc3)s2)c(S(=O)(=O)N2CCCCC2)cc1OC. The Morgan fingerprint density at radius 1 is 1.03 bits per heavy atom. The minimum absolute atomic E-state index is 0.212. The van der Waals surface area contributed by atoms with Crippen molar-refractivity contribution in [3.8, 4) is 11.5 Å². The number of anilines is 2. The second-order valence-electron chi connectivity index (χ2n) is 7.59. The number of halogens is 1. The van der Waals surface area contributed by atoms with Gasteiger partial charge in [0.15, 0.2) is 11.5 Å². The summed E-state index contributed by atoms with van der Waals surface area (Å²) in [6.45, 7) is 1.04. The quantitative estimate of drug-likeness (QED) is 0.470. The number of aromatic nitrogens is 2. The number of hydrogen-bond donors (Lipinski definition) is 1. The topological polar surface area (TPSA) is 93.7 Å². The Morgan fingerprint density at radius 3 is 2.36 bits per heavy atom. The predicted octanol–water partition coefficient (Wildman–Crippen LogP) is 4.72. The highest BCUT2D eigenvalue weighted by molar-refractivity contribution is 7.89. The lowest BCUT2D eigenvalue weighted by atomic mass is 10.1. The summed E-state index contributed by atoms with van der Waals surface area (Å²) in [5, 5.41) is 13.6. The van der Waals surface area contributed by atoms with E-state index in [9.17, 15) is 8.42 Å². The van der Waals surface area contributed by atoms with E-state index in [0.717, 1.165) is 24.9 Å². The number of ether oxygens (including phenoxy) is 2. The van der Waals surface area contributed by atoms with Gasteiger partial charge in [-0.15, -0.1) is 10.2 Å². The summed E-state index contributed by atoms with van der Waals surface area (Å²) >= 11 is 7.30. The van der Waals surface area contributed by atoms with Gasteiger partial charge in [0.2, 0.25) is 15.2 Å². The van der Waals surface area contributed by atoms with Crippen molar-refractivity contribution in [2.75, 3.05) is 32.6 Å². The van der Waals surface area contributed by atoms with Crippen molar-refractivity contribution in [2.45, 2.75) is 30.6 Å². The molecule has 1 N–H and O–H groups in total. The van der Waals surface area contributed by atoms with Crippen LogP contribution < -0.4 is 14.8 Å². The zero-order valence-corrected chi connectivity index (χ0v) is 20.8. The lowest BCUT2D eigenvalue weighted by molar-refractivity contribution is 0.343. The zero-order valence-electron chi connectivity index (χ0n) is 18.4. The number of nitrogens with zero attached hydrogens (tertiary/aromatic N) is 3. The van der Waals surface area contributed by atoms with E-state index in [1.165, 1.54) is 25.6 Å². The Bertz CT molecular complexity index is 1210. The third kappa shape index (κ3) is 5.40. The van der Waals surface area contributed by atoms with Crippen molar-refractivity contribution >= 4 is 43.8 Å². The van der Waals surface area contributed by atoms with Gasteiger partial charge in [-0.3, -0.25) is 0 Å². The van der Waals surface area contributed by atoms with Crippen molar-refractivity contribution in [1.29, 1.82) is 0 Å². The first-order valence-electron chi connectivity index (χ1n) is 10.5. The van der Waals surface area contributed by atoms with Crippen LogP contribution in [0.25, 0.3) is 0 Å². The largest absolute Gasteiger partial charge is 0.493 e. The number of rotatable bonds is 8. The molecule has 0 spiro atoms. The van der Waals surface area contributed by atoms with Crippen LogP contribution in [-0.2, 0) is 16.4 Å². The summed E-state index contributed by atoms with van der Waals surface area (Å²) in [7, 11) is -0.668. The van der Waals surface area contributed by atoms with Crippen molar-refractivity contribution < 1.29 is 17.9 Å². The van der Waals surface area contributed by atoms with Gasteiger partial charge in [0.05, 0.1) is 19.1 Å². The van der Waals surface area contributed by atoms with Gasteiger partial charge in [-0.25, -0.2) is 8.42 Å².